The van der Waals surface area contributed by atoms with Crippen molar-refractivity contribution in [3.05, 3.63) is 33.2 Å². The molecule has 0 aliphatic carbocycles. The molecule has 0 bridgehead atoms. The van der Waals surface area contributed by atoms with Gasteiger partial charge in [-0.2, -0.15) is 0 Å². The Hall–Kier alpha value is -1.27. The number of nitrogens with zero attached hydrogens (tertiary/aromatic N) is 1. The van der Waals surface area contributed by atoms with E-state index in [-0.39, 0.29) is 0 Å². The number of ether oxygens (including phenoxy) is 2. The lowest BCUT2D eigenvalue weighted by atomic mass is 10.1. The molecule has 1 aromatic carbocycles. The van der Waals surface area contributed by atoms with Crippen LogP contribution in [0.15, 0.2) is 22.0 Å². The van der Waals surface area contributed by atoms with Gasteiger partial charge in [0.15, 0.2) is 5.13 Å². The fraction of sp³-hybridized carbons (Fsp3) is 0.250. The summed E-state index contributed by atoms with van der Waals surface area (Å²) in [5.74, 6) is 1.53. The summed E-state index contributed by atoms with van der Waals surface area (Å²) in [6, 6.07) is 5.77. The lowest BCUT2D eigenvalue weighted by molar-refractivity contribution is 0.393. The maximum Gasteiger partial charge on any atom is 0.181 e. The lowest BCUT2D eigenvalue weighted by Crippen LogP contribution is -1.94. The number of rotatable bonds is 4. The fourth-order valence-corrected chi connectivity index (χ4v) is 2.92. The minimum absolute atomic E-state index is 0.562. The predicted molar refractivity (Wildman–Crippen MR) is 76.6 cm³/mol. The first-order valence-corrected chi connectivity index (χ1v) is 6.86. The number of benzene rings is 1. The number of anilines is 1. The van der Waals surface area contributed by atoms with E-state index in [1.54, 1.807) is 14.2 Å². The van der Waals surface area contributed by atoms with Crippen LogP contribution in [-0.4, -0.2) is 19.2 Å². The van der Waals surface area contributed by atoms with E-state index in [0.29, 0.717) is 11.6 Å². The van der Waals surface area contributed by atoms with Crippen LogP contribution in [0, 0.1) is 0 Å². The summed E-state index contributed by atoms with van der Waals surface area (Å²) in [6.45, 7) is 0. The molecule has 4 nitrogen and oxygen atoms in total. The van der Waals surface area contributed by atoms with E-state index in [1.165, 1.54) is 11.3 Å². The van der Waals surface area contributed by atoms with Crippen LogP contribution in [0.5, 0.6) is 11.5 Å². The number of hydrogen-bond acceptors (Lipinski definition) is 5. The highest BCUT2D eigenvalue weighted by Gasteiger charge is 2.09. The first kappa shape index (κ1) is 13.2. The number of thiazole rings is 1. The SMILES string of the molecule is COc1cc(Cc2nc(N)sc2Br)cc(OC)c1. The number of methoxy groups -OCH3 is 2. The van der Waals surface area contributed by atoms with Gasteiger partial charge in [0.25, 0.3) is 0 Å². The second kappa shape index (κ2) is 5.58. The third-order valence-electron chi connectivity index (χ3n) is 2.45. The highest BCUT2D eigenvalue weighted by Crippen LogP contribution is 2.30. The van der Waals surface area contributed by atoms with Gasteiger partial charge in [0.05, 0.1) is 23.7 Å². The van der Waals surface area contributed by atoms with Gasteiger partial charge in [-0.3, -0.25) is 0 Å². The average Bonchev–Trinajstić information content (AvgIpc) is 2.67. The maximum absolute atomic E-state index is 5.67. The first-order chi connectivity index (χ1) is 8.62. The predicted octanol–water partition coefficient (Wildman–Crippen LogP) is 3.10. The molecule has 1 aromatic heterocycles. The molecule has 18 heavy (non-hydrogen) atoms. The smallest absolute Gasteiger partial charge is 0.181 e. The molecule has 0 amide bonds. The molecule has 6 heteroatoms. The molecular weight excluding hydrogens is 316 g/mol. The third-order valence-corrected chi connectivity index (χ3v) is 4.11. The number of hydrogen-bond donors (Lipinski definition) is 1. The van der Waals surface area contributed by atoms with Crippen molar-refractivity contribution < 1.29 is 9.47 Å². The molecule has 0 unspecified atom stereocenters. The summed E-state index contributed by atoms with van der Waals surface area (Å²) in [5, 5.41) is 0.562. The highest BCUT2D eigenvalue weighted by molar-refractivity contribution is 9.11. The summed E-state index contributed by atoms with van der Waals surface area (Å²) in [5.41, 5.74) is 7.66. The van der Waals surface area contributed by atoms with Crippen LogP contribution in [0.25, 0.3) is 0 Å². The van der Waals surface area contributed by atoms with Gasteiger partial charge in [0, 0.05) is 12.5 Å². The van der Waals surface area contributed by atoms with Crippen molar-refractivity contribution in [2.45, 2.75) is 6.42 Å². The van der Waals surface area contributed by atoms with Crippen molar-refractivity contribution in [2.75, 3.05) is 20.0 Å². The lowest BCUT2D eigenvalue weighted by Gasteiger charge is -2.07. The second-order valence-corrected chi connectivity index (χ2v) is 6.02. The van der Waals surface area contributed by atoms with Gasteiger partial charge in [0.2, 0.25) is 0 Å². The Balaban J connectivity index is 2.30. The van der Waals surface area contributed by atoms with Crippen molar-refractivity contribution >= 4 is 32.4 Å². The molecular formula is C12H13BrN2O2S. The summed E-state index contributed by atoms with van der Waals surface area (Å²) >= 11 is 4.89. The molecule has 0 saturated carbocycles. The molecule has 2 aromatic rings. The van der Waals surface area contributed by atoms with E-state index >= 15 is 0 Å². The van der Waals surface area contributed by atoms with Crippen molar-refractivity contribution in [1.29, 1.82) is 0 Å². The van der Waals surface area contributed by atoms with Crippen molar-refractivity contribution in [3.8, 4) is 11.5 Å². The Morgan fingerprint density at radius 1 is 1.22 bits per heavy atom. The Labute approximate surface area is 118 Å². The van der Waals surface area contributed by atoms with Gasteiger partial charge in [-0.1, -0.05) is 11.3 Å². The Kier molecular flexibility index (Phi) is 4.08. The molecule has 0 fully saturated rings. The zero-order valence-corrected chi connectivity index (χ0v) is 12.5. The van der Waals surface area contributed by atoms with Crippen LogP contribution in [0.2, 0.25) is 0 Å². The zero-order chi connectivity index (χ0) is 13.1. The van der Waals surface area contributed by atoms with Crippen LogP contribution in [0.4, 0.5) is 5.13 Å². The monoisotopic (exact) mass is 328 g/mol. The molecule has 0 saturated heterocycles. The van der Waals surface area contributed by atoms with Gasteiger partial charge >= 0.3 is 0 Å². The van der Waals surface area contributed by atoms with Crippen molar-refractivity contribution in [2.24, 2.45) is 0 Å². The summed E-state index contributed by atoms with van der Waals surface area (Å²) < 4.78 is 11.4. The number of aromatic nitrogens is 1. The quantitative estimate of drug-likeness (QED) is 0.936. The molecule has 0 radical (unpaired) electrons. The topological polar surface area (TPSA) is 57.4 Å². The van der Waals surface area contributed by atoms with Gasteiger partial charge in [0.1, 0.15) is 11.5 Å². The minimum Gasteiger partial charge on any atom is -0.497 e. The van der Waals surface area contributed by atoms with Crippen LogP contribution < -0.4 is 15.2 Å². The van der Waals surface area contributed by atoms with E-state index < -0.39 is 0 Å². The van der Waals surface area contributed by atoms with Crippen molar-refractivity contribution in [3.63, 3.8) is 0 Å². The molecule has 2 rings (SSSR count). The fourth-order valence-electron chi connectivity index (χ4n) is 1.62. The Morgan fingerprint density at radius 2 is 1.83 bits per heavy atom. The largest absolute Gasteiger partial charge is 0.497 e. The van der Waals surface area contributed by atoms with Crippen LogP contribution in [0.3, 0.4) is 0 Å². The second-order valence-electron chi connectivity index (χ2n) is 3.67. The summed E-state index contributed by atoms with van der Waals surface area (Å²) in [6.07, 6.45) is 0.682. The normalized spacial score (nSPS) is 10.4. The van der Waals surface area contributed by atoms with Gasteiger partial charge in [-0.05, 0) is 33.6 Å². The standard InChI is InChI=1S/C12H13BrN2O2S/c1-16-8-3-7(4-9(6-8)17-2)5-10-11(13)18-12(14)15-10/h3-4,6H,5H2,1-2H3,(H2,14,15). The van der Waals surface area contributed by atoms with Crippen LogP contribution >= 0.6 is 27.3 Å². The van der Waals surface area contributed by atoms with Crippen molar-refractivity contribution in [1.82, 2.24) is 4.98 Å². The molecule has 96 valence electrons. The summed E-state index contributed by atoms with van der Waals surface area (Å²) in [7, 11) is 3.27. The number of nitrogen functional groups attached to an aromatic ring is 1. The molecule has 0 aliphatic heterocycles. The number of halogens is 1. The minimum atomic E-state index is 0.562. The Morgan fingerprint density at radius 3 is 2.28 bits per heavy atom. The van der Waals surface area contributed by atoms with Gasteiger partial charge < -0.3 is 15.2 Å². The van der Waals surface area contributed by atoms with Crippen LogP contribution in [0.1, 0.15) is 11.3 Å². The van der Waals surface area contributed by atoms with E-state index in [0.717, 1.165) is 26.5 Å². The average molecular weight is 329 g/mol. The van der Waals surface area contributed by atoms with E-state index in [9.17, 15) is 0 Å². The van der Waals surface area contributed by atoms with Gasteiger partial charge in [-0.25, -0.2) is 4.98 Å². The summed E-state index contributed by atoms with van der Waals surface area (Å²) in [4.78, 5) is 4.28. The molecule has 0 aliphatic rings. The highest BCUT2D eigenvalue weighted by atomic mass is 79.9. The zero-order valence-electron chi connectivity index (χ0n) is 10.1. The molecule has 0 atom stereocenters. The first-order valence-electron chi connectivity index (χ1n) is 5.25. The third kappa shape index (κ3) is 2.94. The Bertz CT molecular complexity index is 535. The molecule has 0 spiro atoms. The maximum atomic E-state index is 5.67. The van der Waals surface area contributed by atoms with E-state index in [4.69, 9.17) is 15.2 Å². The number of nitrogens with two attached hydrogens (primary N) is 1. The van der Waals surface area contributed by atoms with Gasteiger partial charge in [-0.15, -0.1) is 0 Å². The van der Waals surface area contributed by atoms with E-state index in [2.05, 4.69) is 20.9 Å². The molecule has 1 heterocycles. The van der Waals surface area contributed by atoms with E-state index in [1.807, 2.05) is 18.2 Å². The van der Waals surface area contributed by atoms with Crippen LogP contribution in [-0.2, 0) is 6.42 Å². The molecule has 2 N–H and O–H groups in total.